The number of pyridine rings is 1. The molecule has 94 valence electrons. The summed E-state index contributed by atoms with van der Waals surface area (Å²) < 4.78 is 0. The molecule has 1 heterocycles. The van der Waals surface area contributed by atoms with Crippen molar-refractivity contribution in [2.24, 2.45) is 5.92 Å². The number of anilines is 1. The zero-order valence-electron chi connectivity index (χ0n) is 11.1. The second-order valence-electron chi connectivity index (χ2n) is 5.59. The van der Waals surface area contributed by atoms with Gasteiger partial charge in [0, 0.05) is 22.8 Å². The fourth-order valence-electron chi connectivity index (χ4n) is 2.99. The Kier molecular flexibility index (Phi) is 2.94. The average Bonchev–Trinajstić information content (AvgIpc) is 2.74. The number of hydrogen-bond acceptors (Lipinski definition) is 2. The van der Waals surface area contributed by atoms with E-state index in [9.17, 15) is 0 Å². The zero-order chi connectivity index (χ0) is 12.5. The lowest BCUT2D eigenvalue weighted by Crippen LogP contribution is -2.15. The molecule has 1 fully saturated rings. The third-order valence-corrected chi connectivity index (χ3v) is 3.90. The molecule has 0 aliphatic heterocycles. The minimum atomic E-state index is 0.630. The second-order valence-corrected chi connectivity index (χ2v) is 5.59. The van der Waals surface area contributed by atoms with Crippen molar-refractivity contribution < 1.29 is 0 Å². The standard InChI is InChI=1S/C16H20N2/c1-11-7-8-13(9-11)18-16-10-12(2)17-15-6-4-3-5-14(15)16/h3-6,10-11,13H,7-9H2,1-2H3,(H,17,18). The number of nitrogens with zero attached hydrogens (tertiary/aromatic N) is 1. The summed E-state index contributed by atoms with van der Waals surface area (Å²) in [6, 6.07) is 11.2. The number of para-hydroxylation sites is 1. The highest BCUT2D eigenvalue weighted by Gasteiger charge is 2.21. The van der Waals surface area contributed by atoms with Crippen LogP contribution >= 0.6 is 0 Å². The molecule has 1 aromatic heterocycles. The number of fused-ring (bicyclic) bond motifs is 1. The van der Waals surface area contributed by atoms with E-state index in [2.05, 4.69) is 54.5 Å². The van der Waals surface area contributed by atoms with Gasteiger partial charge in [0.1, 0.15) is 0 Å². The maximum Gasteiger partial charge on any atom is 0.0725 e. The molecule has 0 saturated heterocycles. The number of hydrogen-bond donors (Lipinski definition) is 1. The Morgan fingerprint density at radius 3 is 2.83 bits per heavy atom. The van der Waals surface area contributed by atoms with Gasteiger partial charge < -0.3 is 5.32 Å². The van der Waals surface area contributed by atoms with Crippen LogP contribution in [0.2, 0.25) is 0 Å². The number of benzene rings is 1. The average molecular weight is 240 g/mol. The third-order valence-electron chi connectivity index (χ3n) is 3.90. The topological polar surface area (TPSA) is 24.9 Å². The van der Waals surface area contributed by atoms with Gasteiger partial charge in [-0.25, -0.2) is 0 Å². The van der Waals surface area contributed by atoms with Gasteiger partial charge in [0.05, 0.1) is 5.52 Å². The summed E-state index contributed by atoms with van der Waals surface area (Å²) in [6.45, 7) is 4.41. The monoisotopic (exact) mass is 240 g/mol. The molecule has 18 heavy (non-hydrogen) atoms. The van der Waals surface area contributed by atoms with Crippen molar-refractivity contribution in [3.8, 4) is 0 Å². The van der Waals surface area contributed by atoms with Crippen molar-refractivity contribution >= 4 is 16.6 Å². The summed E-state index contributed by atoms with van der Waals surface area (Å²) in [5.41, 5.74) is 3.42. The number of aromatic nitrogens is 1. The fourth-order valence-corrected chi connectivity index (χ4v) is 2.99. The molecular formula is C16H20N2. The van der Waals surface area contributed by atoms with Gasteiger partial charge in [-0.2, -0.15) is 0 Å². The summed E-state index contributed by atoms with van der Waals surface area (Å²) in [5.74, 6) is 0.858. The van der Waals surface area contributed by atoms with E-state index >= 15 is 0 Å². The summed E-state index contributed by atoms with van der Waals surface area (Å²) in [4.78, 5) is 4.59. The first-order valence-electron chi connectivity index (χ1n) is 6.85. The molecule has 1 aliphatic rings. The van der Waals surface area contributed by atoms with E-state index < -0.39 is 0 Å². The van der Waals surface area contributed by atoms with E-state index in [-0.39, 0.29) is 0 Å². The van der Waals surface area contributed by atoms with Gasteiger partial charge in [0.2, 0.25) is 0 Å². The molecule has 1 aromatic carbocycles. The zero-order valence-corrected chi connectivity index (χ0v) is 11.1. The molecule has 3 rings (SSSR count). The molecule has 1 aliphatic carbocycles. The highest BCUT2D eigenvalue weighted by atomic mass is 14.9. The number of aryl methyl sites for hydroxylation is 1. The van der Waals surface area contributed by atoms with Crippen molar-refractivity contribution in [2.45, 2.75) is 39.2 Å². The van der Waals surface area contributed by atoms with Crippen LogP contribution in [0.25, 0.3) is 10.9 Å². The lowest BCUT2D eigenvalue weighted by Gasteiger charge is -2.16. The van der Waals surface area contributed by atoms with Gasteiger partial charge in [-0.3, -0.25) is 4.98 Å². The first kappa shape index (κ1) is 11.5. The SMILES string of the molecule is Cc1cc(NC2CCC(C)C2)c2ccccc2n1. The molecule has 1 N–H and O–H groups in total. The van der Waals surface area contributed by atoms with E-state index in [0.29, 0.717) is 6.04 Å². The predicted octanol–water partition coefficient (Wildman–Crippen LogP) is 4.14. The minimum absolute atomic E-state index is 0.630. The van der Waals surface area contributed by atoms with Crippen molar-refractivity contribution in [1.29, 1.82) is 0 Å². The van der Waals surface area contributed by atoms with E-state index in [1.54, 1.807) is 0 Å². The van der Waals surface area contributed by atoms with Crippen LogP contribution in [-0.2, 0) is 0 Å². The fraction of sp³-hybridized carbons (Fsp3) is 0.438. The summed E-state index contributed by atoms with van der Waals surface area (Å²) >= 11 is 0. The Balaban J connectivity index is 1.95. The van der Waals surface area contributed by atoms with Crippen LogP contribution in [0.15, 0.2) is 30.3 Å². The van der Waals surface area contributed by atoms with Gasteiger partial charge in [0.15, 0.2) is 0 Å². The highest BCUT2D eigenvalue weighted by molar-refractivity contribution is 5.91. The molecule has 1 saturated carbocycles. The van der Waals surface area contributed by atoms with Crippen LogP contribution in [0.3, 0.4) is 0 Å². The van der Waals surface area contributed by atoms with Gasteiger partial charge in [-0.05, 0) is 44.2 Å². The Labute approximate surface area is 108 Å². The molecular weight excluding hydrogens is 220 g/mol. The van der Waals surface area contributed by atoms with Crippen LogP contribution in [0.5, 0.6) is 0 Å². The first-order valence-corrected chi connectivity index (χ1v) is 6.85. The summed E-state index contributed by atoms with van der Waals surface area (Å²) in [7, 11) is 0. The van der Waals surface area contributed by atoms with Crippen LogP contribution < -0.4 is 5.32 Å². The highest BCUT2D eigenvalue weighted by Crippen LogP contribution is 2.30. The van der Waals surface area contributed by atoms with Crippen LogP contribution in [-0.4, -0.2) is 11.0 Å². The Hall–Kier alpha value is -1.57. The predicted molar refractivity (Wildman–Crippen MR) is 76.9 cm³/mol. The molecule has 2 atom stereocenters. The number of nitrogens with one attached hydrogen (secondary N) is 1. The first-order chi connectivity index (χ1) is 8.72. The lowest BCUT2D eigenvalue weighted by atomic mass is 10.1. The van der Waals surface area contributed by atoms with Crippen LogP contribution in [0, 0.1) is 12.8 Å². The Bertz CT molecular complexity index is 562. The molecule has 2 nitrogen and oxygen atoms in total. The molecule has 0 bridgehead atoms. The van der Waals surface area contributed by atoms with Gasteiger partial charge in [0.25, 0.3) is 0 Å². The van der Waals surface area contributed by atoms with Crippen molar-refractivity contribution in [2.75, 3.05) is 5.32 Å². The molecule has 0 amide bonds. The van der Waals surface area contributed by atoms with Gasteiger partial charge in [-0.15, -0.1) is 0 Å². The molecule has 2 heteroatoms. The maximum atomic E-state index is 4.59. The van der Waals surface area contributed by atoms with E-state index in [1.807, 2.05) is 0 Å². The Morgan fingerprint density at radius 1 is 1.22 bits per heavy atom. The molecule has 2 aromatic rings. The molecule has 0 radical (unpaired) electrons. The lowest BCUT2D eigenvalue weighted by molar-refractivity contribution is 0.603. The van der Waals surface area contributed by atoms with E-state index in [0.717, 1.165) is 17.1 Å². The molecule has 0 spiro atoms. The van der Waals surface area contributed by atoms with Gasteiger partial charge >= 0.3 is 0 Å². The summed E-state index contributed by atoms with van der Waals surface area (Å²) in [6.07, 6.45) is 3.92. The maximum absolute atomic E-state index is 4.59. The smallest absolute Gasteiger partial charge is 0.0725 e. The summed E-state index contributed by atoms with van der Waals surface area (Å²) in [5, 5.41) is 4.95. The largest absolute Gasteiger partial charge is 0.382 e. The van der Waals surface area contributed by atoms with Crippen molar-refractivity contribution in [3.63, 3.8) is 0 Å². The van der Waals surface area contributed by atoms with E-state index in [1.165, 1.54) is 30.3 Å². The normalized spacial score (nSPS) is 23.4. The van der Waals surface area contributed by atoms with Gasteiger partial charge in [-0.1, -0.05) is 25.1 Å². The third kappa shape index (κ3) is 2.20. The van der Waals surface area contributed by atoms with Crippen molar-refractivity contribution in [1.82, 2.24) is 4.98 Å². The minimum Gasteiger partial charge on any atom is -0.382 e. The van der Waals surface area contributed by atoms with Crippen LogP contribution in [0.1, 0.15) is 31.9 Å². The quantitative estimate of drug-likeness (QED) is 0.853. The van der Waals surface area contributed by atoms with E-state index in [4.69, 9.17) is 0 Å². The van der Waals surface area contributed by atoms with Crippen molar-refractivity contribution in [3.05, 3.63) is 36.0 Å². The molecule has 2 unspecified atom stereocenters. The second kappa shape index (κ2) is 4.60. The van der Waals surface area contributed by atoms with Crippen LogP contribution in [0.4, 0.5) is 5.69 Å². The Morgan fingerprint density at radius 2 is 2.06 bits per heavy atom. The number of rotatable bonds is 2.